The number of carbonyl (C=O) groups excluding carboxylic acids is 1. The van der Waals surface area contributed by atoms with E-state index in [4.69, 9.17) is 5.11 Å². The molecule has 8 nitrogen and oxygen atoms in total. The third-order valence-corrected chi connectivity index (χ3v) is 2.21. The van der Waals surface area contributed by atoms with E-state index in [1.54, 1.807) is 6.92 Å². The molecule has 1 aromatic carbocycles. The van der Waals surface area contributed by atoms with Gasteiger partial charge in [0.25, 0.3) is 11.6 Å². The Morgan fingerprint density at radius 1 is 1.30 bits per heavy atom. The lowest BCUT2D eigenvalue weighted by molar-refractivity contribution is -0.384. The highest BCUT2D eigenvalue weighted by molar-refractivity contribution is 6.00. The molecule has 0 atom stereocenters. The van der Waals surface area contributed by atoms with Crippen molar-refractivity contribution >= 4 is 23.3 Å². The summed E-state index contributed by atoms with van der Waals surface area (Å²) in [5, 5.41) is 22.6. The van der Waals surface area contributed by atoms with Crippen LogP contribution in [0.4, 0.5) is 5.69 Å². The fraction of sp³-hybridized carbons (Fsp3) is 0.0833. The molecule has 0 aliphatic heterocycles. The molecule has 2 N–H and O–H groups in total. The summed E-state index contributed by atoms with van der Waals surface area (Å²) in [4.78, 5) is 31.3. The molecule has 0 bridgehead atoms. The zero-order valence-corrected chi connectivity index (χ0v) is 10.4. The van der Waals surface area contributed by atoms with Gasteiger partial charge in [-0.15, -0.1) is 0 Å². The number of non-ortho nitro benzene ring substituents is 1. The molecular formula is C12H11N3O5. The van der Waals surface area contributed by atoms with Crippen LogP contribution in [-0.2, 0) is 9.59 Å². The van der Waals surface area contributed by atoms with Crippen LogP contribution in [0.1, 0.15) is 12.5 Å². The van der Waals surface area contributed by atoms with E-state index >= 15 is 0 Å². The summed E-state index contributed by atoms with van der Waals surface area (Å²) in [6, 6.07) is 5.63. The van der Waals surface area contributed by atoms with Crippen molar-refractivity contribution in [2.75, 3.05) is 0 Å². The molecule has 0 fully saturated rings. The van der Waals surface area contributed by atoms with Gasteiger partial charge < -0.3 is 5.11 Å². The minimum Gasteiger partial charge on any atom is -0.478 e. The molecule has 0 aromatic heterocycles. The number of nitro benzene ring substituents is 1. The van der Waals surface area contributed by atoms with E-state index in [0.717, 1.165) is 6.08 Å². The third kappa shape index (κ3) is 4.69. The number of nitrogens with one attached hydrogen (secondary N) is 1. The van der Waals surface area contributed by atoms with Gasteiger partial charge in [-0.25, -0.2) is 10.2 Å². The first-order chi connectivity index (χ1) is 9.40. The van der Waals surface area contributed by atoms with Crippen LogP contribution >= 0.6 is 0 Å². The molecule has 0 aliphatic carbocycles. The lowest BCUT2D eigenvalue weighted by Gasteiger charge is -2.00. The summed E-state index contributed by atoms with van der Waals surface area (Å²) in [5.74, 6) is -1.93. The average molecular weight is 277 g/mol. The fourth-order valence-electron chi connectivity index (χ4n) is 1.21. The van der Waals surface area contributed by atoms with Gasteiger partial charge in [0.05, 0.1) is 10.6 Å². The quantitative estimate of drug-likeness (QED) is 0.361. The highest BCUT2D eigenvalue weighted by Gasteiger charge is 2.05. The molecule has 0 saturated heterocycles. The lowest BCUT2D eigenvalue weighted by atomic mass is 10.1. The smallest absolute Gasteiger partial charge is 0.328 e. The normalized spacial score (nSPS) is 11.3. The number of carbonyl (C=O) groups is 2. The number of carboxylic acid groups (broad SMARTS) is 1. The molecule has 1 aromatic rings. The van der Waals surface area contributed by atoms with Gasteiger partial charge in [-0.1, -0.05) is 0 Å². The Hall–Kier alpha value is -3.03. The number of amides is 1. The van der Waals surface area contributed by atoms with E-state index in [1.165, 1.54) is 24.3 Å². The summed E-state index contributed by atoms with van der Waals surface area (Å²) < 4.78 is 0. The van der Waals surface area contributed by atoms with Crippen molar-refractivity contribution in [3.8, 4) is 0 Å². The molecule has 8 heteroatoms. The van der Waals surface area contributed by atoms with Gasteiger partial charge in [-0.2, -0.15) is 5.10 Å². The van der Waals surface area contributed by atoms with E-state index in [9.17, 15) is 19.7 Å². The summed E-state index contributed by atoms with van der Waals surface area (Å²) in [7, 11) is 0. The van der Waals surface area contributed by atoms with Crippen molar-refractivity contribution in [2.45, 2.75) is 6.92 Å². The number of hydrazone groups is 1. The van der Waals surface area contributed by atoms with Crippen LogP contribution in [0.15, 0.2) is 41.5 Å². The zero-order valence-electron chi connectivity index (χ0n) is 10.4. The minimum atomic E-state index is -1.24. The summed E-state index contributed by atoms with van der Waals surface area (Å²) in [6.45, 7) is 1.60. The number of nitro groups is 1. The zero-order chi connectivity index (χ0) is 15.1. The first-order valence-electron chi connectivity index (χ1n) is 5.40. The predicted molar refractivity (Wildman–Crippen MR) is 70.2 cm³/mol. The van der Waals surface area contributed by atoms with Crippen molar-refractivity contribution in [2.24, 2.45) is 5.10 Å². The van der Waals surface area contributed by atoms with Crippen molar-refractivity contribution in [3.63, 3.8) is 0 Å². The van der Waals surface area contributed by atoms with Crippen LogP contribution in [0.3, 0.4) is 0 Å². The maximum atomic E-state index is 11.2. The molecule has 0 radical (unpaired) electrons. The molecule has 0 aliphatic rings. The standard InChI is InChI=1S/C12H11N3O5/c1-8(13-14-11(16)6-7-12(17)18)9-2-4-10(5-3-9)15(19)20/h2-7H,1H3,(H,14,16)(H,17,18)/b7-6-,13-8+. The second-order valence-electron chi connectivity index (χ2n) is 3.65. The Morgan fingerprint density at radius 2 is 1.90 bits per heavy atom. The van der Waals surface area contributed by atoms with Crippen molar-refractivity contribution in [1.82, 2.24) is 5.43 Å². The second kappa shape index (κ2) is 6.78. The molecule has 0 saturated carbocycles. The van der Waals surface area contributed by atoms with Gasteiger partial charge in [-0.05, 0) is 24.6 Å². The number of carboxylic acids is 1. The topological polar surface area (TPSA) is 122 Å². The molecule has 0 spiro atoms. The van der Waals surface area contributed by atoms with Crippen LogP contribution in [-0.4, -0.2) is 27.6 Å². The van der Waals surface area contributed by atoms with Gasteiger partial charge in [-0.3, -0.25) is 14.9 Å². The molecule has 20 heavy (non-hydrogen) atoms. The molecule has 0 unspecified atom stereocenters. The van der Waals surface area contributed by atoms with Gasteiger partial charge in [0.2, 0.25) is 0 Å². The summed E-state index contributed by atoms with van der Waals surface area (Å²) in [5.41, 5.74) is 3.12. The third-order valence-electron chi connectivity index (χ3n) is 2.21. The monoisotopic (exact) mass is 277 g/mol. The Bertz CT molecular complexity index is 590. The number of nitrogens with zero attached hydrogens (tertiary/aromatic N) is 2. The highest BCUT2D eigenvalue weighted by atomic mass is 16.6. The SMILES string of the molecule is C/C(=N\NC(=O)/C=C\C(=O)O)c1ccc([N+](=O)[O-])cc1. The van der Waals surface area contributed by atoms with E-state index in [0.29, 0.717) is 17.4 Å². The lowest BCUT2D eigenvalue weighted by Crippen LogP contribution is -2.16. The average Bonchev–Trinajstić information content (AvgIpc) is 2.42. The highest BCUT2D eigenvalue weighted by Crippen LogP contribution is 2.12. The minimum absolute atomic E-state index is 0.0463. The summed E-state index contributed by atoms with van der Waals surface area (Å²) >= 11 is 0. The van der Waals surface area contributed by atoms with E-state index in [1.807, 2.05) is 0 Å². The fourth-order valence-corrected chi connectivity index (χ4v) is 1.21. The van der Waals surface area contributed by atoms with Gasteiger partial charge in [0.1, 0.15) is 0 Å². The van der Waals surface area contributed by atoms with E-state index in [-0.39, 0.29) is 5.69 Å². The Balaban J connectivity index is 2.71. The largest absolute Gasteiger partial charge is 0.478 e. The van der Waals surface area contributed by atoms with Crippen molar-refractivity contribution < 1.29 is 19.6 Å². The van der Waals surface area contributed by atoms with Crippen LogP contribution in [0.2, 0.25) is 0 Å². The first-order valence-corrected chi connectivity index (χ1v) is 5.40. The van der Waals surface area contributed by atoms with E-state index < -0.39 is 16.8 Å². The van der Waals surface area contributed by atoms with Gasteiger partial charge in [0, 0.05) is 24.3 Å². The molecule has 0 heterocycles. The molecular weight excluding hydrogens is 266 g/mol. The predicted octanol–water partition coefficient (Wildman–Crippen LogP) is 1.08. The molecule has 104 valence electrons. The van der Waals surface area contributed by atoms with Crippen LogP contribution in [0.25, 0.3) is 0 Å². The maximum absolute atomic E-state index is 11.2. The first kappa shape index (κ1) is 15.0. The maximum Gasteiger partial charge on any atom is 0.328 e. The number of aliphatic carboxylic acids is 1. The van der Waals surface area contributed by atoms with Gasteiger partial charge in [0.15, 0.2) is 0 Å². The second-order valence-corrected chi connectivity index (χ2v) is 3.65. The Morgan fingerprint density at radius 3 is 2.40 bits per heavy atom. The molecule has 1 rings (SSSR count). The Labute approximate surface area is 113 Å². The van der Waals surface area contributed by atoms with Gasteiger partial charge >= 0.3 is 5.97 Å². The van der Waals surface area contributed by atoms with Crippen LogP contribution < -0.4 is 5.43 Å². The van der Waals surface area contributed by atoms with E-state index in [2.05, 4.69) is 10.5 Å². The number of benzene rings is 1. The van der Waals surface area contributed by atoms with Crippen LogP contribution in [0, 0.1) is 10.1 Å². The van der Waals surface area contributed by atoms with Crippen LogP contribution in [0.5, 0.6) is 0 Å². The number of hydrogen-bond acceptors (Lipinski definition) is 5. The van der Waals surface area contributed by atoms with Crippen molar-refractivity contribution in [1.29, 1.82) is 0 Å². The Kier molecular flexibility index (Phi) is 5.10. The molecule has 1 amide bonds. The van der Waals surface area contributed by atoms with Crippen molar-refractivity contribution in [3.05, 3.63) is 52.1 Å². The summed E-state index contributed by atoms with van der Waals surface area (Å²) in [6.07, 6.45) is 1.51. The number of hydrogen-bond donors (Lipinski definition) is 2. The number of rotatable bonds is 5.